The normalized spacial score (nSPS) is 19.1. The van der Waals surface area contributed by atoms with Gasteiger partial charge >= 0.3 is 0 Å². The number of hydrogen-bond acceptors (Lipinski definition) is 7. The van der Waals surface area contributed by atoms with Crippen LogP contribution < -0.4 is 10.6 Å². The van der Waals surface area contributed by atoms with Gasteiger partial charge in [0.1, 0.15) is 6.04 Å². The largest absolute Gasteiger partial charge is 0.391 e. The van der Waals surface area contributed by atoms with E-state index in [9.17, 15) is 14.7 Å². The van der Waals surface area contributed by atoms with Crippen molar-refractivity contribution in [2.24, 2.45) is 5.41 Å². The first kappa shape index (κ1) is 27.3. The second-order valence-electron chi connectivity index (χ2n) is 10.0. The quantitative estimate of drug-likeness (QED) is 0.432. The second kappa shape index (κ2) is 12.1. The van der Waals surface area contributed by atoms with Gasteiger partial charge in [-0.1, -0.05) is 45.0 Å². The maximum atomic E-state index is 13.5. The molecule has 35 heavy (non-hydrogen) atoms. The Balaban J connectivity index is 1.63. The SMILES string of the molecule is CCOCCN[C@H](C(=O)N1C[C@H](O)C[C@H]1C(=O)NCc1ccc(-c2scnc2C)cc1)C(C)(C)C. The van der Waals surface area contributed by atoms with Gasteiger partial charge in [0.15, 0.2) is 0 Å². The lowest BCUT2D eigenvalue weighted by Gasteiger charge is -2.35. The Morgan fingerprint density at radius 2 is 2.00 bits per heavy atom. The molecule has 0 unspecified atom stereocenters. The van der Waals surface area contributed by atoms with Crippen molar-refractivity contribution in [3.05, 3.63) is 41.0 Å². The van der Waals surface area contributed by atoms with Crippen LogP contribution in [0.5, 0.6) is 0 Å². The van der Waals surface area contributed by atoms with Crippen LogP contribution in [0.2, 0.25) is 0 Å². The highest BCUT2D eigenvalue weighted by atomic mass is 32.1. The number of aromatic nitrogens is 1. The maximum absolute atomic E-state index is 13.5. The summed E-state index contributed by atoms with van der Waals surface area (Å²) in [6, 6.07) is 6.83. The summed E-state index contributed by atoms with van der Waals surface area (Å²) in [7, 11) is 0. The van der Waals surface area contributed by atoms with E-state index in [4.69, 9.17) is 4.74 Å². The first-order valence-corrected chi connectivity index (χ1v) is 13.1. The molecule has 9 heteroatoms. The molecule has 2 amide bonds. The number of hydrogen-bond donors (Lipinski definition) is 3. The molecule has 1 aliphatic heterocycles. The van der Waals surface area contributed by atoms with Crippen LogP contribution in [0.1, 0.15) is 45.4 Å². The van der Waals surface area contributed by atoms with E-state index < -0.39 is 18.2 Å². The van der Waals surface area contributed by atoms with E-state index >= 15 is 0 Å². The third-order valence-electron chi connectivity index (χ3n) is 6.21. The van der Waals surface area contributed by atoms with Gasteiger partial charge in [-0.25, -0.2) is 4.98 Å². The van der Waals surface area contributed by atoms with Crippen molar-refractivity contribution in [3.63, 3.8) is 0 Å². The van der Waals surface area contributed by atoms with Gasteiger partial charge in [0, 0.05) is 32.7 Å². The number of carbonyl (C=O) groups is 2. The number of nitrogens with zero attached hydrogens (tertiary/aromatic N) is 2. The van der Waals surface area contributed by atoms with Crippen molar-refractivity contribution >= 4 is 23.2 Å². The number of aliphatic hydroxyl groups excluding tert-OH is 1. The number of aliphatic hydroxyl groups is 1. The molecule has 0 saturated carbocycles. The van der Waals surface area contributed by atoms with Crippen molar-refractivity contribution in [2.75, 3.05) is 26.3 Å². The summed E-state index contributed by atoms with van der Waals surface area (Å²) in [4.78, 5) is 33.5. The zero-order valence-corrected chi connectivity index (χ0v) is 22.2. The Kier molecular flexibility index (Phi) is 9.40. The predicted octanol–water partition coefficient (Wildman–Crippen LogP) is 2.74. The molecule has 3 atom stereocenters. The number of β-amino-alcohol motifs (C(OH)–C–C–N with tert-alkyl or cyclic N) is 1. The Labute approximate surface area is 212 Å². The number of ether oxygens (including phenoxy) is 1. The molecule has 2 heterocycles. The van der Waals surface area contributed by atoms with Gasteiger partial charge in [-0.2, -0.15) is 0 Å². The molecule has 192 valence electrons. The summed E-state index contributed by atoms with van der Waals surface area (Å²) in [5, 5.41) is 16.6. The number of carbonyl (C=O) groups excluding carboxylic acids is 2. The van der Waals surface area contributed by atoms with E-state index in [0.717, 1.165) is 21.7 Å². The van der Waals surface area contributed by atoms with Crippen molar-refractivity contribution < 1.29 is 19.4 Å². The summed E-state index contributed by atoms with van der Waals surface area (Å²) < 4.78 is 5.39. The van der Waals surface area contributed by atoms with Gasteiger partial charge < -0.3 is 25.4 Å². The highest BCUT2D eigenvalue weighted by Crippen LogP contribution is 2.28. The van der Waals surface area contributed by atoms with Gasteiger partial charge in [0.2, 0.25) is 11.8 Å². The summed E-state index contributed by atoms with van der Waals surface area (Å²) in [5.41, 5.74) is 4.53. The van der Waals surface area contributed by atoms with Crippen molar-refractivity contribution in [1.82, 2.24) is 20.5 Å². The standard InChI is InChI=1S/C26H38N4O4S/c1-6-34-12-11-27-23(26(3,4)5)25(33)30-15-20(31)13-21(30)24(32)28-14-18-7-9-19(10-8-18)22-17(2)29-16-35-22/h7-10,16,20-21,23,27,31H,6,11-15H2,1-5H3,(H,28,32)/t20-,21+,23-/m1/s1. The number of thiazole rings is 1. The smallest absolute Gasteiger partial charge is 0.243 e. The molecule has 0 aliphatic carbocycles. The van der Waals surface area contributed by atoms with Gasteiger partial charge in [0.25, 0.3) is 0 Å². The third kappa shape index (κ3) is 7.10. The topological polar surface area (TPSA) is 104 Å². The van der Waals surface area contributed by atoms with Crippen LogP contribution in [0.15, 0.2) is 29.8 Å². The minimum Gasteiger partial charge on any atom is -0.391 e. The van der Waals surface area contributed by atoms with Gasteiger partial charge in [-0.05, 0) is 30.4 Å². The molecule has 1 aliphatic rings. The third-order valence-corrected chi connectivity index (χ3v) is 7.18. The van der Waals surface area contributed by atoms with Crippen molar-refractivity contribution in [3.8, 4) is 10.4 Å². The van der Waals surface area contributed by atoms with Crippen LogP contribution in [-0.4, -0.2) is 71.3 Å². The maximum Gasteiger partial charge on any atom is 0.243 e. The fourth-order valence-electron chi connectivity index (χ4n) is 4.32. The average molecular weight is 503 g/mol. The summed E-state index contributed by atoms with van der Waals surface area (Å²) in [5.74, 6) is -0.422. The number of benzene rings is 1. The molecule has 1 saturated heterocycles. The Bertz CT molecular complexity index is 986. The molecular weight excluding hydrogens is 464 g/mol. The average Bonchev–Trinajstić information content (AvgIpc) is 3.42. The number of amides is 2. The predicted molar refractivity (Wildman–Crippen MR) is 138 cm³/mol. The van der Waals surface area contributed by atoms with E-state index in [2.05, 4.69) is 15.6 Å². The highest BCUT2D eigenvalue weighted by Gasteiger charge is 2.43. The van der Waals surface area contributed by atoms with Gasteiger partial charge in [0.05, 0.1) is 34.8 Å². The first-order valence-electron chi connectivity index (χ1n) is 12.2. The lowest BCUT2D eigenvalue weighted by atomic mass is 9.85. The van der Waals surface area contributed by atoms with E-state index in [1.807, 2.05) is 64.4 Å². The molecule has 1 fully saturated rings. The fraction of sp³-hybridized carbons (Fsp3) is 0.577. The molecule has 3 rings (SSSR count). The second-order valence-corrected chi connectivity index (χ2v) is 10.9. The van der Waals surface area contributed by atoms with Crippen LogP contribution in [0.25, 0.3) is 10.4 Å². The minimum atomic E-state index is -0.722. The van der Waals surface area contributed by atoms with E-state index in [0.29, 0.717) is 26.3 Å². The molecule has 2 aromatic rings. The van der Waals surface area contributed by atoms with Crippen molar-refractivity contribution in [2.45, 2.75) is 65.8 Å². The minimum absolute atomic E-state index is 0.152. The van der Waals surface area contributed by atoms with Crippen LogP contribution in [-0.2, 0) is 20.9 Å². The molecule has 0 radical (unpaired) electrons. The summed E-state index contributed by atoms with van der Waals surface area (Å²) in [6.45, 7) is 12.0. The fourth-order valence-corrected chi connectivity index (χ4v) is 5.13. The van der Waals surface area contributed by atoms with E-state index in [-0.39, 0.29) is 30.2 Å². The molecule has 1 aromatic heterocycles. The molecular formula is C26H38N4O4S. The highest BCUT2D eigenvalue weighted by molar-refractivity contribution is 7.13. The molecule has 3 N–H and O–H groups in total. The van der Waals surface area contributed by atoms with Crippen LogP contribution >= 0.6 is 11.3 Å². The van der Waals surface area contributed by atoms with Crippen LogP contribution in [0, 0.1) is 12.3 Å². The number of nitrogens with one attached hydrogen (secondary N) is 2. The van der Waals surface area contributed by atoms with Crippen LogP contribution in [0.4, 0.5) is 0 Å². The van der Waals surface area contributed by atoms with Crippen LogP contribution in [0.3, 0.4) is 0 Å². The molecule has 8 nitrogen and oxygen atoms in total. The number of likely N-dealkylation sites (tertiary alicyclic amines) is 1. The summed E-state index contributed by atoms with van der Waals surface area (Å²) in [6.07, 6.45) is -0.488. The molecule has 0 spiro atoms. The first-order chi connectivity index (χ1) is 16.6. The molecule has 0 bridgehead atoms. The Morgan fingerprint density at radius 3 is 2.60 bits per heavy atom. The van der Waals surface area contributed by atoms with E-state index in [1.54, 1.807) is 11.3 Å². The lowest BCUT2D eigenvalue weighted by Crippen LogP contribution is -2.57. The lowest BCUT2D eigenvalue weighted by molar-refractivity contribution is -0.142. The zero-order valence-electron chi connectivity index (χ0n) is 21.3. The zero-order chi connectivity index (χ0) is 25.6. The van der Waals surface area contributed by atoms with Gasteiger partial charge in [-0.3, -0.25) is 9.59 Å². The summed E-state index contributed by atoms with van der Waals surface area (Å²) >= 11 is 1.60. The molecule has 1 aromatic carbocycles. The Hall–Kier alpha value is -2.33. The van der Waals surface area contributed by atoms with Gasteiger partial charge in [-0.15, -0.1) is 11.3 Å². The number of aryl methyl sites for hydroxylation is 1. The monoisotopic (exact) mass is 502 g/mol. The van der Waals surface area contributed by atoms with Crippen molar-refractivity contribution in [1.29, 1.82) is 0 Å². The van der Waals surface area contributed by atoms with E-state index in [1.165, 1.54) is 4.90 Å². The Morgan fingerprint density at radius 1 is 1.29 bits per heavy atom. The number of rotatable bonds is 10.